The van der Waals surface area contributed by atoms with Gasteiger partial charge in [-0.2, -0.15) is 0 Å². The molecule has 2 heterocycles. The minimum absolute atomic E-state index is 0.0920. The Morgan fingerprint density at radius 1 is 1.28 bits per heavy atom. The van der Waals surface area contributed by atoms with E-state index in [0.29, 0.717) is 0 Å². The van der Waals surface area contributed by atoms with Gasteiger partial charge in [-0.1, -0.05) is 20.8 Å². The predicted molar refractivity (Wildman–Crippen MR) is 73.5 cm³/mol. The van der Waals surface area contributed by atoms with Crippen LogP contribution in [0.1, 0.15) is 43.1 Å². The molecule has 0 radical (unpaired) electrons. The quantitative estimate of drug-likeness (QED) is 0.923. The van der Waals surface area contributed by atoms with Crippen LogP contribution in [0.2, 0.25) is 0 Å². The average Bonchev–Trinajstić information content (AvgIpc) is 2.78. The molecule has 0 aromatic carbocycles. The average molecular weight is 262 g/mol. The standard InChI is InChI=1S/C13H18N4S/c1-13(2,3)11-7-18-12(17-11)4-10(14)9-5-15-8-16-6-9/h5-8,10H,4,14H2,1-3H3. The minimum Gasteiger partial charge on any atom is -0.324 e. The van der Waals surface area contributed by atoms with E-state index >= 15 is 0 Å². The fraction of sp³-hybridized carbons (Fsp3) is 0.462. The van der Waals surface area contributed by atoms with E-state index in [0.717, 1.165) is 22.7 Å². The molecule has 4 nitrogen and oxygen atoms in total. The van der Waals surface area contributed by atoms with Gasteiger partial charge < -0.3 is 5.73 Å². The molecule has 2 aromatic heterocycles. The van der Waals surface area contributed by atoms with Crippen LogP contribution in [0.3, 0.4) is 0 Å². The van der Waals surface area contributed by atoms with Crippen LogP contribution in [0.5, 0.6) is 0 Å². The highest BCUT2D eigenvalue weighted by Crippen LogP contribution is 2.25. The third-order valence-corrected chi connectivity index (χ3v) is 3.59. The lowest BCUT2D eigenvalue weighted by Crippen LogP contribution is -2.15. The molecule has 1 atom stereocenters. The molecule has 18 heavy (non-hydrogen) atoms. The Kier molecular flexibility index (Phi) is 3.73. The third kappa shape index (κ3) is 3.11. The van der Waals surface area contributed by atoms with Gasteiger partial charge in [-0.25, -0.2) is 15.0 Å². The monoisotopic (exact) mass is 262 g/mol. The summed E-state index contributed by atoms with van der Waals surface area (Å²) in [4.78, 5) is 12.6. The summed E-state index contributed by atoms with van der Waals surface area (Å²) in [7, 11) is 0. The Bertz CT molecular complexity index is 501. The Balaban J connectivity index is 2.08. The van der Waals surface area contributed by atoms with Gasteiger partial charge in [-0.15, -0.1) is 11.3 Å². The van der Waals surface area contributed by atoms with Crippen molar-refractivity contribution in [1.29, 1.82) is 0 Å². The molecule has 2 rings (SSSR count). The van der Waals surface area contributed by atoms with E-state index in [1.807, 2.05) is 0 Å². The van der Waals surface area contributed by atoms with Crippen molar-refractivity contribution in [2.75, 3.05) is 0 Å². The summed E-state index contributed by atoms with van der Waals surface area (Å²) in [6, 6.07) is -0.0924. The summed E-state index contributed by atoms with van der Waals surface area (Å²) < 4.78 is 0. The van der Waals surface area contributed by atoms with Gasteiger partial charge >= 0.3 is 0 Å². The fourth-order valence-corrected chi connectivity index (χ4v) is 2.64. The highest BCUT2D eigenvalue weighted by molar-refractivity contribution is 7.09. The number of aromatic nitrogens is 3. The van der Waals surface area contributed by atoms with Gasteiger partial charge in [-0.05, 0) is 0 Å². The number of nitrogens with zero attached hydrogens (tertiary/aromatic N) is 3. The molecule has 0 aliphatic carbocycles. The number of nitrogens with two attached hydrogens (primary N) is 1. The molecule has 0 spiro atoms. The van der Waals surface area contributed by atoms with Crippen LogP contribution in [0.25, 0.3) is 0 Å². The predicted octanol–water partition coefficient (Wildman–Crippen LogP) is 2.47. The lowest BCUT2D eigenvalue weighted by molar-refractivity contribution is 0.569. The van der Waals surface area contributed by atoms with Crippen LogP contribution >= 0.6 is 11.3 Å². The van der Waals surface area contributed by atoms with Crippen LogP contribution < -0.4 is 5.73 Å². The highest BCUT2D eigenvalue weighted by Gasteiger charge is 2.18. The Morgan fingerprint density at radius 2 is 1.94 bits per heavy atom. The van der Waals surface area contributed by atoms with Gasteiger partial charge in [0.05, 0.1) is 10.7 Å². The van der Waals surface area contributed by atoms with Crippen molar-refractivity contribution in [2.45, 2.75) is 38.6 Å². The molecule has 0 saturated heterocycles. The largest absolute Gasteiger partial charge is 0.324 e. The molecule has 0 aliphatic heterocycles. The number of thiazole rings is 1. The molecular weight excluding hydrogens is 244 g/mol. The van der Waals surface area contributed by atoms with Crippen LogP contribution in [-0.2, 0) is 11.8 Å². The van der Waals surface area contributed by atoms with Gasteiger partial charge in [0.15, 0.2) is 0 Å². The zero-order valence-corrected chi connectivity index (χ0v) is 11.7. The molecule has 2 aromatic rings. The van der Waals surface area contributed by atoms with E-state index in [9.17, 15) is 0 Å². The molecule has 0 aliphatic rings. The lowest BCUT2D eigenvalue weighted by atomic mass is 9.93. The second-order valence-electron chi connectivity index (χ2n) is 5.36. The Morgan fingerprint density at radius 3 is 2.50 bits per heavy atom. The van der Waals surface area contributed by atoms with Crippen molar-refractivity contribution in [1.82, 2.24) is 15.0 Å². The first-order valence-corrected chi connectivity index (χ1v) is 6.80. The first-order chi connectivity index (χ1) is 8.47. The summed E-state index contributed by atoms with van der Waals surface area (Å²) in [5, 5.41) is 3.18. The molecule has 2 N–H and O–H groups in total. The van der Waals surface area contributed by atoms with Crippen LogP contribution in [0.15, 0.2) is 24.1 Å². The molecular formula is C13H18N4S. The second kappa shape index (κ2) is 5.12. The van der Waals surface area contributed by atoms with Crippen molar-refractivity contribution in [3.63, 3.8) is 0 Å². The number of hydrogen-bond donors (Lipinski definition) is 1. The van der Waals surface area contributed by atoms with Gasteiger partial charge in [-0.3, -0.25) is 0 Å². The topological polar surface area (TPSA) is 64.7 Å². The van der Waals surface area contributed by atoms with Crippen LogP contribution in [0, 0.1) is 0 Å². The molecule has 96 valence electrons. The molecule has 0 fully saturated rings. The summed E-state index contributed by atoms with van der Waals surface area (Å²) in [5.74, 6) is 0. The zero-order valence-electron chi connectivity index (χ0n) is 10.9. The van der Waals surface area contributed by atoms with Crippen LogP contribution in [-0.4, -0.2) is 15.0 Å². The minimum atomic E-state index is -0.0924. The third-order valence-electron chi connectivity index (χ3n) is 2.72. The maximum atomic E-state index is 6.13. The summed E-state index contributed by atoms with van der Waals surface area (Å²) >= 11 is 1.67. The van der Waals surface area contributed by atoms with Crippen molar-refractivity contribution in [3.8, 4) is 0 Å². The van der Waals surface area contributed by atoms with Gasteiger partial charge in [0.25, 0.3) is 0 Å². The van der Waals surface area contributed by atoms with Crippen LogP contribution in [0.4, 0.5) is 0 Å². The molecule has 5 heteroatoms. The normalized spacial score (nSPS) is 13.6. The molecule has 1 unspecified atom stereocenters. The van der Waals surface area contributed by atoms with E-state index < -0.39 is 0 Å². The smallest absolute Gasteiger partial charge is 0.115 e. The molecule has 0 bridgehead atoms. The first kappa shape index (κ1) is 13.1. The lowest BCUT2D eigenvalue weighted by Gasteiger charge is -2.14. The summed E-state index contributed by atoms with van der Waals surface area (Å²) in [5.41, 5.74) is 8.30. The SMILES string of the molecule is CC(C)(C)c1csc(CC(N)c2cncnc2)n1. The maximum absolute atomic E-state index is 6.13. The Hall–Kier alpha value is -1.33. The second-order valence-corrected chi connectivity index (χ2v) is 6.30. The molecule has 0 saturated carbocycles. The Labute approximate surface area is 111 Å². The fourth-order valence-electron chi connectivity index (χ4n) is 1.56. The number of hydrogen-bond acceptors (Lipinski definition) is 5. The van der Waals surface area contributed by atoms with E-state index in [4.69, 9.17) is 5.73 Å². The van der Waals surface area contributed by atoms with Crippen molar-refractivity contribution in [2.24, 2.45) is 5.73 Å². The maximum Gasteiger partial charge on any atom is 0.115 e. The summed E-state index contributed by atoms with van der Waals surface area (Å²) in [6.45, 7) is 6.49. The van der Waals surface area contributed by atoms with E-state index in [2.05, 4.69) is 41.1 Å². The zero-order chi connectivity index (χ0) is 13.2. The number of rotatable bonds is 3. The van der Waals surface area contributed by atoms with E-state index in [1.165, 1.54) is 6.33 Å². The van der Waals surface area contributed by atoms with Crippen molar-refractivity contribution < 1.29 is 0 Å². The van der Waals surface area contributed by atoms with Crippen molar-refractivity contribution >= 4 is 11.3 Å². The van der Waals surface area contributed by atoms with Crippen molar-refractivity contribution in [3.05, 3.63) is 40.4 Å². The van der Waals surface area contributed by atoms with Gasteiger partial charge in [0.2, 0.25) is 0 Å². The van der Waals surface area contributed by atoms with E-state index in [-0.39, 0.29) is 11.5 Å². The first-order valence-electron chi connectivity index (χ1n) is 5.92. The molecule has 0 amide bonds. The highest BCUT2D eigenvalue weighted by atomic mass is 32.1. The van der Waals surface area contributed by atoms with Gasteiger partial charge in [0, 0.05) is 41.2 Å². The summed E-state index contributed by atoms with van der Waals surface area (Å²) in [6.07, 6.45) is 5.76. The van der Waals surface area contributed by atoms with E-state index in [1.54, 1.807) is 23.7 Å². The van der Waals surface area contributed by atoms with Gasteiger partial charge in [0.1, 0.15) is 6.33 Å².